The molecule has 0 spiro atoms. The van der Waals surface area contributed by atoms with E-state index in [1.807, 2.05) is 18.2 Å². The third-order valence-corrected chi connectivity index (χ3v) is 7.80. The van der Waals surface area contributed by atoms with Gasteiger partial charge in [0, 0.05) is 12.2 Å². The molecule has 0 aliphatic carbocycles. The molecule has 2 aromatic carbocycles. The summed E-state index contributed by atoms with van der Waals surface area (Å²) in [4.78, 5) is 25.9. The average molecular weight is 429 g/mol. The van der Waals surface area contributed by atoms with Crippen molar-refractivity contribution in [3.63, 3.8) is 0 Å². The van der Waals surface area contributed by atoms with Crippen molar-refractivity contribution in [3.05, 3.63) is 60.2 Å². The topological polar surface area (TPSA) is 83.6 Å². The second kappa shape index (κ2) is 8.60. The number of nitrogens with one attached hydrogen (secondary N) is 1. The van der Waals surface area contributed by atoms with E-state index >= 15 is 0 Å². The van der Waals surface area contributed by atoms with E-state index in [1.54, 1.807) is 36.4 Å². The number of hydrogen-bond donors (Lipinski definition) is 1. The Morgan fingerprint density at radius 3 is 2.27 bits per heavy atom. The Hall–Kier alpha value is -2.67. The van der Waals surface area contributed by atoms with Gasteiger partial charge in [-0.05, 0) is 48.1 Å². The number of rotatable bonds is 5. The SMILES string of the molecule is CC(C)(C)c1ccc(S(=O)(=O)C2CCN(C=O)[C@H](C(=O)Nc3ccccc3)C2)cc1. The van der Waals surface area contributed by atoms with Crippen molar-refractivity contribution in [1.82, 2.24) is 4.90 Å². The number of hydrogen-bond acceptors (Lipinski definition) is 4. The summed E-state index contributed by atoms with van der Waals surface area (Å²) in [5.41, 5.74) is 1.59. The van der Waals surface area contributed by atoms with Crippen LogP contribution in [0.2, 0.25) is 0 Å². The molecule has 0 radical (unpaired) electrons. The number of benzene rings is 2. The number of amides is 2. The standard InChI is InChI=1S/C23H28N2O4S/c1-23(2,3)17-9-11-19(12-10-17)30(28,29)20-13-14-25(16-26)21(15-20)22(27)24-18-7-5-4-6-8-18/h4-12,16,20-21H,13-15H2,1-3H3,(H,24,27)/t20?,21-/m0/s1. The van der Waals surface area contributed by atoms with Gasteiger partial charge in [-0.3, -0.25) is 9.59 Å². The maximum Gasteiger partial charge on any atom is 0.247 e. The van der Waals surface area contributed by atoms with Gasteiger partial charge in [-0.25, -0.2) is 8.42 Å². The van der Waals surface area contributed by atoms with Crippen molar-refractivity contribution in [2.75, 3.05) is 11.9 Å². The zero-order valence-electron chi connectivity index (χ0n) is 17.5. The molecule has 1 aliphatic rings. The minimum absolute atomic E-state index is 0.0702. The molecule has 1 N–H and O–H groups in total. The predicted molar refractivity (Wildman–Crippen MR) is 117 cm³/mol. The molecule has 1 heterocycles. The Morgan fingerprint density at radius 2 is 1.70 bits per heavy atom. The van der Waals surface area contributed by atoms with Gasteiger partial charge in [0.2, 0.25) is 12.3 Å². The molecule has 0 bridgehead atoms. The first-order valence-corrected chi connectivity index (χ1v) is 11.6. The molecule has 0 aromatic heterocycles. The monoisotopic (exact) mass is 428 g/mol. The number of sulfone groups is 1. The van der Waals surface area contributed by atoms with Crippen LogP contribution < -0.4 is 5.32 Å². The van der Waals surface area contributed by atoms with Gasteiger partial charge in [0.15, 0.2) is 9.84 Å². The lowest BCUT2D eigenvalue weighted by Crippen LogP contribution is -2.51. The fourth-order valence-corrected chi connectivity index (χ4v) is 5.45. The van der Waals surface area contributed by atoms with Crippen LogP contribution in [0.15, 0.2) is 59.5 Å². The summed E-state index contributed by atoms with van der Waals surface area (Å²) < 4.78 is 26.5. The molecule has 2 amide bonds. The second-order valence-electron chi connectivity index (χ2n) is 8.68. The average Bonchev–Trinajstić information content (AvgIpc) is 2.73. The van der Waals surface area contributed by atoms with Gasteiger partial charge in [0.25, 0.3) is 0 Å². The molecular weight excluding hydrogens is 400 g/mol. The van der Waals surface area contributed by atoms with Crippen molar-refractivity contribution in [2.45, 2.75) is 55.2 Å². The summed E-state index contributed by atoms with van der Waals surface area (Å²) in [6, 6.07) is 15.0. The van der Waals surface area contributed by atoms with Crippen molar-refractivity contribution >= 4 is 27.8 Å². The number of nitrogens with zero attached hydrogens (tertiary/aromatic N) is 1. The summed E-state index contributed by atoms with van der Waals surface area (Å²) in [5.74, 6) is -0.378. The van der Waals surface area contributed by atoms with E-state index in [0.717, 1.165) is 5.56 Å². The lowest BCUT2D eigenvalue weighted by atomic mass is 9.87. The van der Waals surface area contributed by atoms with Crippen LogP contribution in [-0.2, 0) is 24.8 Å². The fourth-order valence-electron chi connectivity index (χ4n) is 3.70. The van der Waals surface area contributed by atoms with Crippen LogP contribution in [0.25, 0.3) is 0 Å². The highest BCUT2D eigenvalue weighted by molar-refractivity contribution is 7.92. The fraction of sp³-hybridized carbons (Fsp3) is 0.391. The first-order chi connectivity index (χ1) is 14.1. The molecule has 1 saturated heterocycles. The van der Waals surface area contributed by atoms with E-state index in [2.05, 4.69) is 26.1 Å². The van der Waals surface area contributed by atoms with Gasteiger partial charge in [-0.1, -0.05) is 51.1 Å². The summed E-state index contributed by atoms with van der Waals surface area (Å²) in [6.45, 7) is 6.44. The lowest BCUT2D eigenvalue weighted by Gasteiger charge is -2.36. The highest BCUT2D eigenvalue weighted by atomic mass is 32.2. The zero-order valence-corrected chi connectivity index (χ0v) is 18.4. The molecule has 1 unspecified atom stereocenters. The quantitative estimate of drug-likeness (QED) is 0.740. The van der Waals surface area contributed by atoms with Gasteiger partial charge < -0.3 is 10.2 Å². The number of para-hydroxylation sites is 1. The molecule has 2 aromatic rings. The molecule has 2 atom stereocenters. The van der Waals surface area contributed by atoms with Gasteiger partial charge in [-0.2, -0.15) is 0 Å². The molecule has 7 heteroatoms. The Kier molecular flexibility index (Phi) is 6.31. The molecule has 0 saturated carbocycles. The number of piperidine rings is 1. The van der Waals surface area contributed by atoms with E-state index < -0.39 is 21.1 Å². The third kappa shape index (κ3) is 4.73. The summed E-state index contributed by atoms with van der Waals surface area (Å²) in [5, 5.41) is 2.06. The molecule has 30 heavy (non-hydrogen) atoms. The van der Waals surface area contributed by atoms with Crippen LogP contribution in [0.3, 0.4) is 0 Å². The highest BCUT2D eigenvalue weighted by Gasteiger charge is 2.39. The van der Waals surface area contributed by atoms with E-state index in [-0.39, 0.29) is 29.2 Å². The van der Waals surface area contributed by atoms with Gasteiger partial charge in [0.1, 0.15) is 6.04 Å². The first kappa shape index (κ1) is 22.0. The number of carbonyl (C=O) groups excluding carboxylic acids is 2. The molecule has 6 nitrogen and oxygen atoms in total. The smallest absolute Gasteiger partial charge is 0.247 e. The van der Waals surface area contributed by atoms with Crippen molar-refractivity contribution in [3.8, 4) is 0 Å². The molecule has 1 fully saturated rings. The Balaban J connectivity index is 1.80. The van der Waals surface area contributed by atoms with Crippen molar-refractivity contribution < 1.29 is 18.0 Å². The maximum absolute atomic E-state index is 13.2. The summed E-state index contributed by atoms with van der Waals surface area (Å²) in [7, 11) is -3.62. The summed E-state index contributed by atoms with van der Waals surface area (Å²) in [6.07, 6.45) is 0.994. The van der Waals surface area contributed by atoms with Crippen molar-refractivity contribution in [1.29, 1.82) is 0 Å². The number of likely N-dealkylation sites (tertiary alicyclic amines) is 1. The Labute approximate surface area is 178 Å². The predicted octanol–water partition coefficient (Wildman–Crippen LogP) is 3.39. The van der Waals surface area contributed by atoms with E-state index in [0.29, 0.717) is 18.5 Å². The van der Waals surface area contributed by atoms with E-state index in [1.165, 1.54) is 4.90 Å². The molecule has 3 rings (SSSR count). The zero-order chi connectivity index (χ0) is 21.9. The van der Waals surface area contributed by atoms with Gasteiger partial charge >= 0.3 is 0 Å². The molecular formula is C23H28N2O4S. The van der Waals surface area contributed by atoms with Crippen LogP contribution in [0.1, 0.15) is 39.2 Å². The minimum atomic E-state index is -3.62. The van der Waals surface area contributed by atoms with Crippen LogP contribution in [0.5, 0.6) is 0 Å². The second-order valence-corrected chi connectivity index (χ2v) is 10.9. The van der Waals surface area contributed by atoms with Crippen LogP contribution in [-0.4, -0.2) is 43.5 Å². The van der Waals surface area contributed by atoms with Crippen LogP contribution in [0.4, 0.5) is 5.69 Å². The van der Waals surface area contributed by atoms with Gasteiger partial charge in [-0.15, -0.1) is 0 Å². The Morgan fingerprint density at radius 1 is 1.07 bits per heavy atom. The van der Waals surface area contributed by atoms with Gasteiger partial charge in [0.05, 0.1) is 10.1 Å². The summed E-state index contributed by atoms with van der Waals surface area (Å²) >= 11 is 0. The normalized spacial score (nSPS) is 19.9. The van der Waals surface area contributed by atoms with Crippen LogP contribution in [0, 0.1) is 0 Å². The van der Waals surface area contributed by atoms with E-state index in [9.17, 15) is 18.0 Å². The first-order valence-electron chi connectivity index (χ1n) is 10.0. The Bertz CT molecular complexity index is 996. The third-order valence-electron chi connectivity index (χ3n) is 5.56. The lowest BCUT2D eigenvalue weighted by molar-refractivity contribution is -0.131. The largest absolute Gasteiger partial charge is 0.333 e. The minimum Gasteiger partial charge on any atom is -0.333 e. The number of anilines is 1. The van der Waals surface area contributed by atoms with Crippen molar-refractivity contribution in [2.24, 2.45) is 0 Å². The van der Waals surface area contributed by atoms with Crippen LogP contribution >= 0.6 is 0 Å². The molecule has 1 aliphatic heterocycles. The van der Waals surface area contributed by atoms with E-state index in [4.69, 9.17) is 0 Å². The maximum atomic E-state index is 13.2. The molecule has 160 valence electrons. The highest BCUT2D eigenvalue weighted by Crippen LogP contribution is 2.30. The number of carbonyl (C=O) groups is 2.